The number of rotatable bonds is 9. The first-order valence-corrected chi connectivity index (χ1v) is 11.6. The lowest BCUT2D eigenvalue weighted by atomic mass is 9.97. The number of para-hydroxylation sites is 2. The fourth-order valence-electron chi connectivity index (χ4n) is 4.83. The van der Waals surface area contributed by atoms with Crippen LogP contribution < -0.4 is 4.74 Å². The van der Waals surface area contributed by atoms with Crippen molar-refractivity contribution in [3.63, 3.8) is 0 Å². The molecule has 166 valence electrons. The van der Waals surface area contributed by atoms with Crippen LogP contribution in [-0.2, 0) is 20.0 Å². The molecule has 0 aliphatic carbocycles. The van der Waals surface area contributed by atoms with Crippen LogP contribution in [0.25, 0.3) is 11.0 Å². The van der Waals surface area contributed by atoms with Gasteiger partial charge in [0.2, 0.25) is 0 Å². The molecule has 0 saturated carbocycles. The van der Waals surface area contributed by atoms with Crippen molar-refractivity contribution >= 4 is 11.0 Å². The summed E-state index contributed by atoms with van der Waals surface area (Å²) in [6, 6.07) is 16.9. The maximum atomic E-state index is 5.37. The largest absolute Gasteiger partial charge is 0.497 e. The highest BCUT2D eigenvalue weighted by Crippen LogP contribution is 2.21. The number of aryl methyl sites for hydroxylation is 1. The second-order valence-electron chi connectivity index (χ2n) is 8.81. The third-order valence-corrected chi connectivity index (χ3v) is 6.66. The number of piperidine rings is 1. The van der Waals surface area contributed by atoms with E-state index in [2.05, 4.69) is 70.8 Å². The van der Waals surface area contributed by atoms with Gasteiger partial charge < -0.3 is 14.2 Å². The van der Waals surface area contributed by atoms with Gasteiger partial charge in [-0.05, 0) is 68.1 Å². The molecule has 1 aromatic heterocycles. The molecule has 0 N–H and O–H groups in total. The van der Waals surface area contributed by atoms with Crippen molar-refractivity contribution in [1.29, 1.82) is 0 Å². The van der Waals surface area contributed by atoms with Gasteiger partial charge in [0.05, 0.1) is 24.7 Å². The molecule has 3 aromatic rings. The van der Waals surface area contributed by atoms with Crippen LogP contribution in [-0.4, -0.2) is 59.2 Å². The Morgan fingerprint density at radius 1 is 1.16 bits per heavy atom. The second-order valence-corrected chi connectivity index (χ2v) is 8.81. The van der Waals surface area contributed by atoms with Crippen LogP contribution in [0.5, 0.6) is 5.75 Å². The number of likely N-dealkylation sites (tertiary alicyclic amines) is 1. The van der Waals surface area contributed by atoms with E-state index in [0.717, 1.165) is 55.6 Å². The van der Waals surface area contributed by atoms with E-state index in [9.17, 15) is 0 Å². The molecular weight excluding hydrogens is 384 g/mol. The molecule has 5 heteroatoms. The van der Waals surface area contributed by atoms with Crippen molar-refractivity contribution in [2.75, 3.05) is 39.8 Å². The number of methoxy groups -OCH3 is 1. The van der Waals surface area contributed by atoms with Gasteiger partial charge in [-0.25, -0.2) is 4.98 Å². The van der Waals surface area contributed by atoms with E-state index in [4.69, 9.17) is 9.72 Å². The first kappa shape index (κ1) is 21.8. The average molecular weight is 421 g/mol. The minimum Gasteiger partial charge on any atom is -0.497 e. The topological polar surface area (TPSA) is 33.5 Å². The number of hydrogen-bond donors (Lipinski definition) is 0. The number of benzene rings is 2. The molecule has 1 saturated heterocycles. The summed E-state index contributed by atoms with van der Waals surface area (Å²) in [6.07, 6.45) is 3.71. The third-order valence-electron chi connectivity index (χ3n) is 6.66. The quantitative estimate of drug-likeness (QED) is 0.515. The summed E-state index contributed by atoms with van der Waals surface area (Å²) in [5.41, 5.74) is 3.67. The molecule has 1 fully saturated rings. The van der Waals surface area contributed by atoms with Gasteiger partial charge in [0, 0.05) is 26.7 Å². The highest BCUT2D eigenvalue weighted by atomic mass is 16.5. The predicted molar refractivity (Wildman–Crippen MR) is 128 cm³/mol. The van der Waals surface area contributed by atoms with Crippen LogP contribution >= 0.6 is 0 Å². The van der Waals surface area contributed by atoms with Crippen molar-refractivity contribution in [3.05, 3.63) is 59.9 Å². The standard InChI is InChI=1S/C26H36N4O/c1-4-29(20-26-27-24-12-5-6-13-25(24)28(26)2)18-22-10-8-15-30(19-22)16-14-21-9-7-11-23(17-21)31-3/h5-7,9,11-13,17,22H,4,8,10,14-16,18-20H2,1-3H3/t22-/m1/s1. The Morgan fingerprint density at radius 3 is 2.84 bits per heavy atom. The maximum absolute atomic E-state index is 5.37. The number of imidazole rings is 1. The molecule has 0 radical (unpaired) electrons. The van der Waals surface area contributed by atoms with E-state index in [1.54, 1.807) is 7.11 Å². The fourth-order valence-corrected chi connectivity index (χ4v) is 4.83. The van der Waals surface area contributed by atoms with Gasteiger partial charge in [-0.2, -0.15) is 0 Å². The van der Waals surface area contributed by atoms with Crippen LogP contribution in [0, 0.1) is 5.92 Å². The van der Waals surface area contributed by atoms with Gasteiger partial charge in [-0.15, -0.1) is 0 Å². The monoisotopic (exact) mass is 420 g/mol. The SMILES string of the molecule is CCN(Cc1nc2ccccc2n1C)C[C@H]1CCCN(CCc2cccc(OC)c2)C1. The summed E-state index contributed by atoms with van der Waals surface area (Å²) in [4.78, 5) is 10.1. The van der Waals surface area contributed by atoms with Crippen molar-refractivity contribution < 1.29 is 4.74 Å². The second kappa shape index (κ2) is 10.3. The lowest BCUT2D eigenvalue weighted by Gasteiger charge is -2.35. The van der Waals surface area contributed by atoms with E-state index in [0.29, 0.717) is 0 Å². The van der Waals surface area contributed by atoms with E-state index in [1.165, 1.54) is 37.0 Å². The van der Waals surface area contributed by atoms with Gasteiger partial charge in [0.25, 0.3) is 0 Å². The van der Waals surface area contributed by atoms with Crippen molar-refractivity contribution in [2.45, 2.75) is 32.7 Å². The third kappa shape index (κ3) is 5.46. The first-order chi connectivity index (χ1) is 15.2. The normalized spacial score (nSPS) is 17.5. The lowest BCUT2D eigenvalue weighted by molar-refractivity contribution is 0.131. The predicted octanol–water partition coefficient (Wildman–Crippen LogP) is 4.36. The summed E-state index contributed by atoms with van der Waals surface area (Å²) in [6.45, 7) is 8.94. The molecule has 1 aliphatic rings. The van der Waals surface area contributed by atoms with Gasteiger partial charge in [-0.3, -0.25) is 4.90 Å². The summed E-state index contributed by atoms with van der Waals surface area (Å²) in [5.74, 6) is 2.84. The van der Waals surface area contributed by atoms with E-state index < -0.39 is 0 Å². The summed E-state index contributed by atoms with van der Waals surface area (Å²) < 4.78 is 7.62. The van der Waals surface area contributed by atoms with Gasteiger partial charge in [0.15, 0.2) is 0 Å². The van der Waals surface area contributed by atoms with E-state index in [1.807, 2.05) is 6.07 Å². The summed E-state index contributed by atoms with van der Waals surface area (Å²) in [5, 5.41) is 0. The van der Waals surface area contributed by atoms with Gasteiger partial charge >= 0.3 is 0 Å². The molecule has 1 atom stereocenters. The first-order valence-electron chi connectivity index (χ1n) is 11.6. The zero-order valence-corrected chi connectivity index (χ0v) is 19.3. The molecule has 2 heterocycles. The molecule has 0 amide bonds. The molecular formula is C26H36N4O. The van der Waals surface area contributed by atoms with Crippen molar-refractivity contribution in [3.8, 4) is 5.75 Å². The molecule has 0 spiro atoms. The van der Waals surface area contributed by atoms with Crippen LogP contribution in [0.3, 0.4) is 0 Å². The Balaban J connectivity index is 1.32. The molecule has 5 nitrogen and oxygen atoms in total. The van der Waals surface area contributed by atoms with Crippen LogP contribution in [0.4, 0.5) is 0 Å². The van der Waals surface area contributed by atoms with E-state index in [-0.39, 0.29) is 0 Å². The number of fused-ring (bicyclic) bond motifs is 1. The van der Waals surface area contributed by atoms with Gasteiger partial charge in [-0.1, -0.05) is 31.2 Å². The molecule has 0 unspecified atom stereocenters. The van der Waals surface area contributed by atoms with Crippen molar-refractivity contribution in [2.24, 2.45) is 13.0 Å². The Labute approximate surface area is 186 Å². The summed E-state index contributed by atoms with van der Waals surface area (Å²) in [7, 11) is 3.88. The van der Waals surface area contributed by atoms with Crippen molar-refractivity contribution in [1.82, 2.24) is 19.4 Å². The smallest absolute Gasteiger partial charge is 0.123 e. The highest BCUT2D eigenvalue weighted by molar-refractivity contribution is 5.75. The zero-order valence-electron chi connectivity index (χ0n) is 19.3. The Morgan fingerprint density at radius 2 is 2.03 bits per heavy atom. The maximum Gasteiger partial charge on any atom is 0.123 e. The lowest BCUT2D eigenvalue weighted by Crippen LogP contribution is -2.41. The average Bonchev–Trinajstić information content (AvgIpc) is 3.13. The molecule has 0 bridgehead atoms. The number of nitrogens with zero attached hydrogens (tertiary/aromatic N) is 4. The molecule has 2 aromatic carbocycles. The zero-order chi connectivity index (χ0) is 21.6. The van der Waals surface area contributed by atoms with Crippen LogP contribution in [0.1, 0.15) is 31.2 Å². The fraction of sp³-hybridized carbons (Fsp3) is 0.500. The number of hydrogen-bond acceptors (Lipinski definition) is 4. The Bertz CT molecular complexity index is 982. The van der Waals surface area contributed by atoms with Crippen LogP contribution in [0.2, 0.25) is 0 Å². The Hall–Kier alpha value is -2.37. The highest BCUT2D eigenvalue weighted by Gasteiger charge is 2.22. The molecule has 4 rings (SSSR count). The minimum atomic E-state index is 0.730. The van der Waals surface area contributed by atoms with Gasteiger partial charge in [0.1, 0.15) is 11.6 Å². The minimum absolute atomic E-state index is 0.730. The number of ether oxygens (including phenoxy) is 1. The molecule has 1 aliphatic heterocycles. The molecule has 31 heavy (non-hydrogen) atoms. The number of aromatic nitrogens is 2. The summed E-state index contributed by atoms with van der Waals surface area (Å²) >= 11 is 0. The van der Waals surface area contributed by atoms with Crippen LogP contribution in [0.15, 0.2) is 48.5 Å². The van der Waals surface area contributed by atoms with E-state index >= 15 is 0 Å². The Kier molecular flexibility index (Phi) is 7.25.